The molecule has 3 aromatic rings. The maximum absolute atomic E-state index is 13.0. The second-order valence-electron chi connectivity index (χ2n) is 5.64. The number of aryl methyl sites for hydroxylation is 1. The van der Waals surface area contributed by atoms with Gasteiger partial charge in [0.2, 0.25) is 0 Å². The van der Waals surface area contributed by atoms with Gasteiger partial charge in [0.1, 0.15) is 17.4 Å². The summed E-state index contributed by atoms with van der Waals surface area (Å²) in [6.07, 6.45) is 1.99. The minimum Gasteiger partial charge on any atom is -0.451 e. The van der Waals surface area contributed by atoms with E-state index in [4.69, 9.17) is 4.42 Å². The van der Waals surface area contributed by atoms with E-state index in [1.54, 1.807) is 24.3 Å². The molecule has 2 aromatic heterocycles. The molecule has 0 saturated heterocycles. The first-order valence-corrected chi connectivity index (χ1v) is 7.75. The number of carbonyl (C=O) groups excluding carboxylic acids is 1. The van der Waals surface area contributed by atoms with Crippen LogP contribution in [0.3, 0.4) is 0 Å². The summed E-state index contributed by atoms with van der Waals surface area (Å²) in [7, 11) is 0. The van der Waals surface area contributed by atoms with Crippen molar-refractivity contribution < 1.29 is 13.6 Å². The van der Waals surface area contributed by atoms with E-state index in [0.29, 0.717) is 17.9 Å². The van der Waals surface area contributed by atoms with Gasteiger partial charge in [-0.2, -0.15) is 0 Å². The summed E-state index contributed by atoms with van der Waals surface area (Å²) in [4.78, 5) is 12.2. The monoisotopic (exact) mass is 326 g/mol. The Kier molecular flexibility index (Phi) is 3.60. The van der Waals surface area contributed by atoms with Crippen LogP contribution in [0, 0.1) is 5.82 Å². The predicted octanol–water partition coefficient (Wildman–Crippen LogP) is 2.55. The van der Waals surface area contributed by atoms with Crippen LogP contribution in [0.5, 0.6) is 0 Å². The third-order valence-corrected chi connectivity index (χ3v) is 4.05. The number of benzene rings is 1. The molecule has 0 radical (unpaired) electrons. The number of amides is 1. The smallest absolute Gasteiger partial charge is 0.287 e. The topological polar surface area (TPSA) is 73.0 Å². The van der Waals surface area contributed by atoms with Crippen LogP contribution in [-0.4, -0.2) is 20.7 Å². The minimum atomic E-state index is -0.321. The standard InChI is InChI=1S/C17H15FN4O2/c18-12-5-3-11(4-6-12)13-7-8-14(24-13)17(23)19-10-16-21-20-15-2-1-9-22(15)16/h3-8H,1-2,9-10H2,(H,19,23). The molecule has 0 atom stereocenters. The highest BCUT2D eigenvalue weighted by atomic mass is 19.1. The second kappa shape index (κ2) is 5.92. The molecular weight excluding hydrogens is 311 g/mol. The van der Waals surface area contributed by atoms with Gasteiger partial charge < -0.3 is 14.3 Å². The Morgan fingerprint density at radius 2 is 2.04 bits per heavy atom. The number of hydrogen-bond acceptors (Lipinski definition) is 4. The lowest BCUT2D eigenvalue weighted by atomic mass is 10.2. The number of nitrogens with one attached hydrogen (secondary N) is 1. The van der Waals surface area contributed by atoms with Gasteiger partial charge >= 0.3 is 0 Å². The van der Waals surface area contributed by atoms with Gasteiger partial charge in [-0.15, -0.1) is 10.2 Å². The molecule has 0 unspecified atom stereocenters. The molecule has 0 fully saturated rings. The lowest BCUT2D eigenvalue weighted by Crippen LogP contribution is -2.24. The van der Waals surface area contributed by atoms with Crippen LogP contribution in [-0.2, 0) is 19.5 Å². The van der Waals surface area contributed by atoms with Gasteiger partial charge in [0.15, 0.2) is 11.6 Å². The number of halogens is 1. The molecule has 1 aliphatic heterocycles. The van der Waals surface area contributed by atoms with Crippen molar-refractivity contribution in [2.45, 2.75) is 25.9 Å². The highest BCUT2D eigenvalue weighted by molar-refractivity contribution is 5.91. The summed E-state index contributed by atoms with van der Waals surface area (Å²) in [6.45, 7) is 1.20. The molecule has 0 bridgehead atoms. The minimum absolute atomic E-state index is 0.204. The average molecular weight is 326 g/mol. The Bertz CT molecular complexity index is 882. The zero-order chi connectivity index (χ0) is 16.5. The molecule has 0 spiro atoms. The molecule has 1 aromatic carbocycles. The molecule has 122 valence electrons. The van der Waals surface area contributed by atoms with Crippen LogP contribution in [0.2, 0.25) is 0 Å². The van der Waals surface area contributed by atoms with Gasteiger partial charge in [0, 0.05) is 18.5 Å². The van der Waals surface area contributed by atoms with E-state index in [9.17, 15) is 9.18 Å². The molecule has 7 heteroatoms. The van der Waals surface area contributed by atoms with Crippen LogP contribution in [0.15, 0.2) is 40.8 Å². The number of fused-ring (bicyclic) bond motifs is 1. The summed E-state index contributed by atoms with van der Waals surface area (Å²) >= 11 is 0. The van der Waals surface area contributed by atoms with E-state index in [1.165, 1.54) is 12.1 Å². The molecule has 1 aliphatic rings. The van der Waals surface area contributed by atoms with Crippen molar-refractivity contribution >= 4 is 5.91 Å². The largest absolute Gasteiger partial charge is 0.451 e. The van der Waals surface area contributed by atoms with E-state index < -0.39 is 0 Å². The maximum atomic E-state index is 13.0. The predicted molar refractivity (Wildman–Crippen MR) is 83.6 cm³/mol. The normalized spacial score (nSPS) is 13.0. The molecule has 0 saturated carbocycles. The fourth-order valence-corrected chi connectivity index (χ4v) is 2.82. The molecule has 3 heterocycles. The van der Waals surface area contributed by atoms with Crippen molar-refractivity contribution in [2.24, 2.45) is 0 Å². The van der Waals surface area contributed by atoms with Crippen molar-refractivity contribution in [3.63, 3.8) is 0 Å². The fraction of sp³-hybridized carbons (Fsp3) is 0.235. The second-order valence-corrected chi connectivity index (χ2v) is 5.64. The van der Waals surface area contributed by atoms with Crippen LogP contribution >= 0.6 is 0 Å². The number of furan rings is 1. The zero-order valence-corrected chi connectivity index (χ0v) is 12.8. The van der Waals surface area contributed by atoms with Gasteiger partial charge in [-0.05, 0) is 42.8 Å². The molecule has 6 nitrogen and oxygen atoms in total. The SMILES string of the molecule is O=C(NCc1nnc2n1CCC2)c1ccc(-c2ccc(F)cc2)o1. The van der Waals surface area contributed by atoms with E-state index in [-0.39, 0.29) is 17.5 Å². The molecular formula is C17H15FN4O2. The summed E-state index contributed by atoms with van der Waals surface area (Å²) in [5.41, 5.74) is 0.714. The van der Waals surface area contributed by atoms with Crippen molar-refractivity contribution in [1.29, 1.82) is 0 Å². The van der Waals surface area contributed by atoms with Gasteiger partial charge in [0.25, 0.3) is 5.91 Å². The molecule has 24 heavy (non-hydrogen) atoms. The lowest BCUT2D eigenvalue weighted by molar-refractivity contribution is 0.0922. The number of carbonyl (C=O) groups is 1. The zero-order valence-electron chi connectivity index (χ0n) is 12.8. The van der Waals surface area contributed by atoms with E-state index >= 15 is 0 Å². The average Bonchev–Trinajstić information content (AvgIpc) is 3.30. The Labute approximate surface area is 137 Å². The maximum Gasteiger partial charge on any atom is 0.287 e. The summed E-state index contributed by atoms with van der Waals surface area (Å²) in [6, 6.07) is 9.21. The number of aromatic nitrogens is 3. The summed E-state index contributed by atoms with van der Waals surface area (Å²) in [5.74, 6) is 1.80. The van der Waals surface area contributed by atoms with E-state index in [0.717, 1.165) is 31.0 Å². The highest BCUT2D eigenvalue weighted by Crippen LogP contribution is 2.22. The Hall–Kier alpha value is -2.96. The Morgan fingerprint density at radius 3 is 2.88 bits per heavy atom. The third-order valence-electron chi connectivity index (χ3n) is 4.05. The third kappa shape index (κ3) is 2.68. The summed E-state index contributed by atoms with van der Waals surface area (Å²) in [5, 5.41) is 11.0. The Balaban J connectivity index is 1.44. The van der Waals surface area contributed by atoms with Crippen LogP contribution in [0.25, 0.3) is 11.3 Å². The van der Waals surface area contributed by atoms with Crippen LogP contribution < -0.4 is 5.32 Å². The van der Waals surface area contributed by atoms with Crippen LogP contribution in [0.1, 0.15) is 28.6 Å². The quantitative estimate of drug-likeness (QED) is 0.800. The van der Waals surface area contributed by atoms with Gasteiger partial charge in [0.05, 0.1) is 6.54 Å². The molecule has 1 amide bonds. The first-order chi connectivity index (χ1) is 11.7. The van der Waals surface area contributed by atoms with E-state index in [2.05, 4.69) is 15.5 Å². The van der Waals surface area contributed by atoms with Gasteiger partial charge in [-0.1, -0.05) is 0 Å². The fourth-order valence-electron chi connectivity index (χ4n) is 2.82. The number of rotatable bonds is 4. The number of hydrogen-bond donors (Lipinski definition) is 1. The van der Waals surface area contributed by atoms with Gasteiger partial charge in [-0.25, -0.2) is 4.39 Å². The van der Waals surface area contributed by atoms with E-state index in [1.807, 2.05) is 4.57 Å². The Morgan fingerprint density at radius 1 is 1.21 bits per heavy atom. The van der Waals surface area contributed by atoms with Crippen molar-refractivity contribution in [2.75, 3.05) is 0 Å². The molecule has 0 aliphatic carbocycles. The molecule has 1 N–H and O–H groups in total. The van der Waals surface area contributed by atoms with Crippen molar-refractivity contribution in [3.05, 3.63) is 59.6 Å². The lowest BCUT2D eigenvalue weighted by Gasteiger charge is -2.04. The summed E-state index contributed by atoms with van der Waals surface area (Å²) < 4.78 is 20.5. The van der Waals surface area contributed by atoms with Gasteiger partial charge in [-0.3, -0.25) is 4.79 Å². The van der Waals surface area contributed by atoms with Crippen molar-refractivity contribution in [1.82, 2.24) is 20.1 Å². The van der Waals surface area contributed by atoms with Crippen molar-refractivity contribution in [3.8, 4) is 11.3 Å². The first kappa shape index (κ1) is 14.6. The first-order valence-electron chi connectivity index (χ1n) is 7.75. The highest BCUT2D eigenvalue weighted by Gasteiger charge is 2.18. The van der Waals surface area contributed by atoms with Crippen LogP contribution in [0.4, 0.5) is 4.39 Å². The number of nitrogens with zero attached hydrogens (tertiary/aromatic N) is 3. The molecule has 4 rings (SSSR count).